The third kappa shape index (κ3) is 4.10. The number of benzene rings is 2. The molecule has 0 aliphatic heterocycles. The Morgan fingerprint density at radius 1 is 1.00 bits per heavy atom. The van der Waals surface area contributed by atoms with E-state index in [4.69, 9.17) is 16.0 Å². The van der Waals surface area contributed by atoms with Gasteiger partial charge in [-0.1, -0.05) is 53.7 Å². The number of aryl methyl sites for hydroxylation is 1. The minimum absolute atomic E-state index is 0.0546. The minimum Gasteiger partial charge on any atom is -0.424 e. The Bertz CT molecular complexity index is 1060. The van der Waals surface area contributed by atoms with Crippen LogP contribution in [0.2, 0.25) is 5.02 Å². The molecule has 0 bridgehead atoms. The van der Waals surface area contributed by atoms with Gasteiger partial charge in [0.15, 0.2) is 5.16 Å². The van der Waals surface area contributed by atoms with Crippen molar-refractivity contribution in [1.82, 2.24) is 25.0 Å². The fourth-order valence-electron chi connectivity index (χ4n) is 2.80. The highest BCUT2D eigenvalue weighted by atomic mass is 35.5. The SMILES string of the molecule is Cc1nnc(C(C)Sc2nnc(Cc3ccccc3)n2-c2ccc(Cl)cc2)o1. The molecule has 0 saturated carbocycles. The number of aromatic nitrogens is 5. The quantitative estimate of drug-likeness (QED) is 0.413. The van der Waals surface area contributed by atoms with Crippen LogP contribution in [0.15, 0.2) is 64.2 Å². The monoisotopic (exact) mass is 411 g/mol. The van der Waals surface area contributed by atoms with Gasteiger partial charge in [-0.2, -0.15) is 0 Å². The van der Waals surface area contributed by atoms with Crippen molar-refractivity contribution in [3.63, 3.8) is 0 Å². The third-order valence-electron chi connectivity index (χ3n) is 4.16. The van der Waals surface area contributed by atoms with Crippen LogP contribution in [0, 0.1) is 6.92 Å². The maximum atomic E-state index is 6.08. The van der Waals surface area contributed by atoms with Crippen LogP contribution in [0.25, 0.3) is 5.69 Å². The maximum absolute atomic E-state index is 6.08. The summed E-state index contributed by atoms with van der Waals surface area (Å²) in [5.41, 5.74) is 2.12. The Hall–Kier alpha value is -2.64. The predicted octanol–water partition coefficient (Wildman–Crippen LogP) is 5.06. The van der Waals surface area contributed by atoms with Gasteiger partial charge >= 0.3 is 0 Å². The molecule has 0 spiro atoms. The lowest BCUT2D eigenvalue weighted by Crippen LogP contribution is -2.04. The first-order valence-corrected chi connectivity index (χ1v) is 10.1. The van der Waals surface area contributed by atoms with Crippen molar-refractivity contribution >= 4 is 23.4 Å². The molecule has 2 aromatic carbocycles. The van der Waals surface area contributed by atoms with Crippen molar-refractivity contribution in [2.24, 2.45) is 0 Å². The summed E-state index contributed by atoms with van der Waals surface area (Å²) in [4.78, 5) is 0. The number of halogens is 1. The van der Waals surface area contributed by atoms with Crippen LogP contribution >= 0.6 is 23.4 Å². The molecule has 4 rings (SSSR count). The molecule has 6 nitrogen and oxygen atoms in total. The Kier molecular flexibility index (Phi) is 5.45. The van der Waals surface area contributed by atoms with Crippen LogP contribution in [-0.2, 0) is 6.42 Å². The van der Waals surface area contributed by atoms with Crippen LogP contribution < -0.4 is 0 Å². The van der Waals surface area contributed by atoms with E-state index in [0.717, 1.165) is 16.7 Å². The lowest BCUT2D eigenvalue weighted by molar-refractivity contribution is 0.470. The lowest BCUT2D eigenvalue weighted by Gasteiger charge is -2.12. The van der Waals surface area contributed by atoms with Crippen LogP contribution in [0.1, 0.15) is 35.3 Å². The first-order valence-electron chi connectivity index (χ1n) is 8.81. The highest BCUT2D eigenvalue weighted by Gasteiger charge is 2.21. The molecule has 0 amide bonds. The molecule has 0 N–H and O–H groups in total. The molecular weight excluding hydrogens is 394 g/mol. The largest absolute Gasteiger partial charge is 0.424 e. The topological polar surface area (TPSA) is 69.6 Å². The van der Waals surface area contributed by atoms with Gasteiger partial charge in [-0.15, -0.1) is 20.4 Å². The van der Waals surface area contributed by atoms with E-state index in [-0.39, 0.29) is 5.25 Å². The molecule has 28 heavy (non-hydrogen) atoms. The molecule has 2 heterocycles. The number of rotatable bonds is 6. The molecule has 0 aliphatic rings. The van der Waals surface area contributed by atoms with Gasteiger partial charge in [0, 0.05) is 24.1 Å². The van der Waals surface area contributed by atoms with Gasteiger partial charge in [-0.25, -0.2) is 0 Å². The van der Waals surface area contributed by atoms with Gasteiger partial charge in [0.1, 0.15) is 5.82 Å². The van der Waals surface area contributed by atoms with Crippen LogP contribution in [0.5, 0.6) is 0 Å². The van der Waals surface area contributed by atoms with Crippen molar-refractivity contribution in [3.05, 3.63) is 82.8 Å². The Morgan fingerprint density at radius 3 is 2.43 bits per heavy atom. The molecule has 1 atom stereocenters. The van der Waals surface area contributed by atoms with Crippen molar-refractivity contribution in [1.29, 1.82) is 0 Å². The molecule has 4 aromatic rings. The number of nitrogens with zero attached hydrogens (tertiary/aromatic N) is 5. The normalized spacial score (nSPS) is 12.2. The molecule has 0 saturated heterocycles. The zero-order valence-corrected chi connectivity index (χ0v) is 17.0. The first kappa shape index (κ1) is 18.7. The fourth-order valence-corrected chi connectivity index (χ4v) is 3.85. The average Bonchev–Trinajstić information content (AvgIpc) is 3.30. The van der Waals surface area contributed by atoms with Crippen LogP contribution in [0.4, 0.5) is 0 Å². The van der Waals surface area contributed by atoms with Gasteiger partial charge in [-0.05, 0) is 36.8 Å². The second kappa shape index (κ2) is 8.16. The summed E-state index contributed by atoms with van der Waals surface area (Å²) in [5.74, 6) is 1.97. The number of hydrogen-bond acceptors (Lipinski definition) is 6. The first-order chi connectivity index (χ1) is 13.6. The fraction of sp³-hybridized carbons (Fsp3) is 0.200. The van der Waals surface area contributed by atoms with E-state index in [1.54, 1.807) is 6.92 Å². The molecule has 1 unspecified atom stereocenters. The smallest absolute Gasteiger partial charge is 0.229 e. The minimum atomic E-state index is -0.0546. The van der Waals surface area contributed by atoms with Crippen molar-refractivity contribution in [3.8, 4) is 5.69 Å². The Labute approximate surface area is 172 Å². The van der Waals surface area contributed by atoms with Crippen molar-refractivity contribution in [2.75, 3.05) is 0 Å². The molecule has 0 fully saturated rings. The third-order valence-corrected chi connectivity index (χ3v) is 5.44. The highest BCUT2D eigenvalue weighted by Crippen LogP contribution is 2.35. The zero-order chi connectivity index (χ0) is 19.5. The molecule has 2 aromatic heterocycles. The van der Waals surface area contributed by atoms with Crippen LogP contribution in [-0.4, -0.2) is 25.0 Å². The Morgan fingerprint density at radius 2 is 1.75 bits per heavy atom. The maximum Gasteiger partial charge on any atom is 0.229 e. The lowest BCUT2D eigenvalue weighted by atomic mass is 10.1. The summed E-state index contributed by atoms with van der Waals surface area (Å²) < 4.78 is 7.61. The van der Waals surface area contributed by atoms with Gasteiger partial charge < -0.3 is 4.42 Å². The van der Waals surface area contributed by atoms with E-state index in [1.165, 1.54) is 17.3 Å². The summed E-state index contributed by atoms with van der Waals surface area (Å²) in [6.07, 6.45) is 0.672. The summed E-state index contributed by atoms with van der Waals surface area (Å²) in [5, 5.41) is 18.3. The summed E-state index contributed by atoms with van der Waals surface area (Å²) in [6.45, 7) is 3.79. The molecule has 142 valence electrons. The Balaban J connectivity index is 1.70. The number of thioether (sulfide) groups is 1. The van der Waals surface area contributed by atoms with Gasteiger partial charge in [-0.3, -0.25) is 4.57 Å². The summed E-state index contributed by atoms with van der Waals surface area (Å²) >= 11 is 7.60. The molecule has 0 radical (unpaired) electrons. The standard InChI is InChI=1S/C20H18ClN5OS/c1-13(19-24-22-14(2)27-19)28-20-25-23-18(12-15-6-4-3-5-7-15)26(20)17-10-8-16(21)9-11-17/h3-11,13H,12H2,1-2H3. The van der Waals surface area contributed by atoms with Crippen LogP contribution in [0.3, 0.4) is 0 Å². The molecule has 0 aliphatic carbocycles. The number of hydrogen-bond donors (Lipinski definition) is 0. The van der Waals surface area contributed by atoms with Crippen molar-refractivity contribution in [2.45, 2.75) is 30.7 Å². The second-order valence-corrected chi connectivity index (χ2v) is 8.04. The zero-order valence-electron chi connectivity index (χ0n) is 15.4. The summed E-state index contributed by atoms with van der Waals surface area (Å²) in [7, 11) is 0. The van der Waals surface area contributed by atoms with E-state index in [9.17, 15) is 0 Å². The van der Waals surface area contributed by atoms with E-state index in [1.807, 2.05) is 54.0 Å². The molecular formula is C20H18ClN5OS. The second-order valence-electron chi connectivity index (χ2n) is 6.29. The van der Waals surface area contributed by atoms with E-state index < -0.39 is 0 Å². The van der Waals surface area contributed by atoms with Gasteiger partial charge in [0.25, 0.3) is 0 Å². The summed E-state index contributed by atoms with van der Waals surface area (Å²) in [6, 6.07) is 17.9. The predicted molar refractivity (Wildman–Crippen MR) is 109 cm³/mol. The van der Waals surface area contributed by atoms with E-state index in [2.05, 4.69) is 32.5 Å². The van der Waals surface area contributed by atoms with Gasteiger partial charge in [0.2, 0.25) is 11.8 Å². The van der Waals surface area contributed by atoms with Gasteiger partial charge in [0.05, 0.1) is 5.25 Å². The molecule has 8 heteroatoms. The van der Waals surface area contributed by atoms with Crippen molar-refractivity contribution < 1.29 is 4.42 Å². The highest BCUT2D eigenvalue weighted by molar-refractivity contribution is 7.99. The average molecular weight is 412 g/mol. The van der Waals surface area contributed by atoms with E-state index in [0.29, 0.717) is 23.2 Å². The van der Waals surface area contributed by atoms with E-state index >= 15 is 0 Å².